The molecule has 0 bridgehead atoms. The molecule has 1 saturated heterocycles. The van der Waals surface area contributed by atoms with E-state index in [1.165, 1.54) is 0 Å². The van der Waals surface area contributed by atoms with E-state index in [9.17, 15) is 9.59 Å². The maximum absolute atomic E-state index is 12.3. The van der Waals surface area contributed by atoms with Crippen molar-refractivity contribution >= 4 is 17.7 Å². The molecule has 0 radical (unpaired) electrons. The molecular weight excluding hydrogens is 308 g/mol. The van der Waals surface area contributed by atoms with E-state index in [4.69, 9.17) is 4.74 Å². The summed E-state index contributed by atoms with van der Waals surface area (Å²) >= 11 is 0. The average molecular weight is 332 g/mol. The molecule has 2 unspecified atom stereocenters. The maximum Gasteiger partial charge on any atom is 0.410 e. The van der Waals surface area contributed by atoms with Gasteiger partial charge in [-0.25, -0.2) is 9.78 Å². The number of ether oxygens (including phenoxy) is 1. The van der Waals surface area contributed by atoms with Crippen molar-refractivity contribution in [2.75, 3.05) is 25.0 Å². The van der Waals surface area contributed by atoms with Crippen LogP contribution in [0.2, 0.25) is 0 Å². The number of rotatable bonds is 2. The molecule has 3 rings (SSSR count). The van der Waals surface area contributed by atoms with Crippen LogP contribution in [0, 0.1) is 0 Å². The Labute approximate surface area is 142 Å². The number of carbonyl (C=O) groups excluding carboxylic acids is 2. The first-order chi connectivity index (χ1) is 11.3. The van der Waals surface area contributed by atoms with Gasteiger partial charge in [0.1, 0.15) is 11.3 Å². The van der Waals surface area contributed by atoms with Crippen LogP contribution >= 0.6 is 0 Å². The first kappa shape index (κ1) is 16.5. The highest BCUT2D eigenvalue weighted by Gasteiger charge is 2.51. The number of nitrogens with zero attached hydrogens (tertiary/aromatic N) is 3. The van der Waals surface area contributed by atoms with E-state index in [2.05, 4.69) is 15.2 Å². The third-order valence-corrected chi connectivity index (χ3v) is 4.27. The molecule has 2 atom stereocenters. The SMILES string of the molecule is CNC(=O)c1ccc(N2CCN(C(=O)OC(C)(C)C)C3CC32)cn1. The quantitative estimate of drug-likeness (QED) is 0.891. The van der Waals surface area contributed by atoms with Crippen LogP contribution in [0.5, 0.6) is 0 Å². The van der Waals surface area contributed by atoms with Gasteiger partial charge >= 0.3 is 6.09 Å². The molecule has 1 aliphatic carbocycles. The van der Waals surface area contributed by atoms with Gasteiger partial charge in [0, 0.05) is 20.1 Å². The van der Waals surface area contributed by atoms with Gasteiger partial charge in [0.05, 0.1) is 24.0 Å². The minimum Gasteiger partial charge on any atom is -0.444 e. The minimum atomic E-state index is -0.474. The molecule has 7 nitrogen and oxygen atoms in total. The molecule has 1 aromatic heterocycles. The van der Waals surface area contributed by atoms with Crippen molar-refractivity contribution in [1.82, 2.24) is 15.2 Å². The second-order valence-corrected chi connectivity index (χ2v) is 7.22. The van der Waals surface area contributed by atoms with E-state index in [0.29, 0.717) is 18.3 Å². The Morgan fingerprint density at radius 2 is 2.00 bits per heavy atom. The van der Waals surface area contributed by atoms with Gasteiger partial charge in [0.15, 0.2) is 0 Å². The lowest BCUT2D eigenvalue weighted by molar-refractivity contribution is 0.0218. The van der Waals surface area contributed by atoms with Crippen LogP contribution in [0.1, 0.15) is 37.7 Å². The highest BCUT2D eigenvalue weighted by atomic mass is 16.6. The predicted octanol–water partition coefficient (Wildman–Crippen LogP) is 1.64. The largest absolute Gasteiger partial charge is 0.444 e. The van der Waals surface area contributed by atoms with Gasteiger partial charge in [-0.1, -0.05) is 0 Å². The summed E-state index contributed by atoms with van der Waals surface area (Å²) in [5.74, 6) is -0.194. The lowest BCUT2D eigenvalue weighted by Crippen LogP contribution is -2.50. The predicted molar refractivity (Wildman–Crippen MR) is 90.1 cm³/mol. The summed E-state index contributed by atoms with van der Waals surface area (Å²) in [4.78, 5) is 32.1. The number of carbonyl (C=O) groups is 2. The average Bonchev–Trinajstić information content (AvgIpc) is 3.32. The zero-order valence-corrected chi connectivity index (χ0v) is 14.6. The van der Waals surface area contributed by atoms with Gasteiger partial charge in [-0.2, -0.15) is 0 Å². The zero-order valence-electron chi connectivity index (χ0n) is 14.6. The summed E-state index contributed by atoms with van der Waals surface area (Å²) in [5, 5.41) is 2.56. The number of nitrogens with one attached hydrogen (secondary N) is 1. The van der Waals surface area contributed by atoms with Crippen LogP contribution in [0.3, 0.4) is 0 Å². The fraction of sp³-hybridized carbons (Fsp3) is 0.588. The topological polar surface area (TPSA) is 74.8 Å². The molecule has 1 saturated carbocycles. The van der Waals surface area contributed by atoms with Crippen LogP contribution in [-0.4, -0.2) is 59.7 Å². The Balaban J connectivity index is 1.64. The van der Waals surface area contributed by atoms with Crippen molar-refractivity contribution in [2.24, 2.45) is 0 Å². The van der Waals surface area contributed by atoms with Crippen molar-refractivity contribution in [1.29, 1.82) is 0 Å². The van der Waals surface area contributed by atoms with Crippen LogP contribution in [0.15, 0.2) is 18.3 Å². The van der Waals surface area contributed by atoms with Crippen LogP contribution in [-0.2, 0) is 4.74 Å². The standard InChI is InChI=1S/C17H24N4O3/c1-17(2,3)24-16(23)21-8-7-20(13-9-14(13)21)11-5-6-12(19-10-11)15(22)18-4/h5-6,10,13-14H,7-9H2,1-4H3,(H,18,22). The molecule has 2 heterocycles. The van der Waals surface area contributed by atoms with Gasteiger partial charge in [-0.05, 0) is 39.3 Å². The number of aromatic nitrogens is 1. The summed E-state index contributed by atoms with van der Waals surface area (Å²) < 4.78 is 5.48. The molecule has 2 fully saturated rings. The van der Waals surface area contributed by atoms with Crippen LogP contribution in [0.25, 0.3) is 0 Å². The monoisotopic (exact) mass is 332 g/mol. The van der Waals surface area contributed by atoms with Gasteiger partial charge in [0.2, 0.25) is 0 Å². The maximum atomic E-state index is 12.3. The molecule has 1 aliphatic heterocycles. The number of pyridine rings is 1. The van der Waals surface area contributed by atoms with Crippen molar-refractivity contribution in [2.45, 2.75) is 44.9 Å². The third kappa shape index (κ3) is 3.29. The van der Waals surface area contributed by atoms with E-state index >= 15 is 0 Å². The Bertz CT molecular complexity index is 638. The summed E-state index contributed by atoms with van der Waals surface area (Å²) in [5.41, 5.74) is 0.915. The Hall–Kier alpha value is -2.31. The highest BCUT2D eigenvalue weighted by Crippen LogP contribution is 2.39. The van der Waals surface area contributed by atoms with Crippen LogP contribution in [0.4, 0.5) is 10.5 Å². The fourth-order valence-corrected chi connectivity index (χ4v) is 3.07. The number of hydrogen-bond acceptors (Lipinski definition) is 5. The molecule has 24 heavy (non-hydrogen) atoms. The molecule has 130 valence electrons. The number of amides is 2. The van der Waals surface area contributed by atoms with Crippen molar-refractivity contribution in [3.63, 3.8) is 0 Å². The molecule has 2 aliphatic rings. The second kappa shape index (κ2) is 5.96. The van der Waals surface area contributed by atoms with Crippen LogP contribution < -0.4 is 10.2 Å². The highest BCUT2D eigenvalue weighted by molar-refractivity contribution is 5.92. The number of fused-ring (bicyclic) bond motifs is 1. The molecule has 0 spiro atoms. The minimum absolute atomic E-state index is 0.194. The van der Waals surface area contributed by atoms with Gasteiger partial charge < -0.3 is 19.9 Å². The number of piperazine rings is 1. The van der Waals surface area contributed by atoms with E-state index in [-0.39, 0.29) is 18.0 Å². The molecular formula is C17H24N4O3. The lowest BCUT2D eigenvalue weighted by Gasteiger charge is -2.36. The second-order valence-electron chi connectivity index (χ2n) is 7.22. The lowest BCUT2D eigenvalue weighted by atomic mass is 10.2. The normalized spacial score (nSPS) is 22.7. The summed E-state index contributed by atoms with van der Waals surface area (Å²) in [6, 6.07) is 4.15. The van der Waals surface area contributed by atoms with Gasteiger partial charge in [-0.3, -0.25) is 4.79 Å². The van der Waals surface area contributed by atoms with Crippen molar-refractivity contribution in [3.8, 4) is 0 Å². The van der Waals surface area contributed by atoms with E-state index in [0.717, 1.165) is 18.7 Å². The Morgan fingerprint density at radius 1 is 1.25 bits per heavy atom. The number of anilines is 1. The zero-order chi connectivity index (χ0) is 17.5. The molecule has 0 aromatic carbocycles. The Morgan fingerprint density at radius 3 is 2.58 bits per heavy atom. The van der Waals surface area contributed by atoms with Gasteiger partial charge in [0.25, 0.3) is 5.91 Å². The third-order valence-electron chi connectivity index (χ3n) is 4.27. The molecule has 2 amide bonds. The molecule has 1 N–H and O–H groups in total. The summed E-state index contributed by atoms with van der Waals surface area (Å²) in [7, 11) is 1.59. The smallest absolute Gasteiger partial charge is 0.410 e. The van der Waals surface area contributed by atoms with Crippen molar-refractivity contribution < 1.29 is 14.3 Å². The Kier molecular flexibility index (Phi) is 4.11. The summed E-state index contributed by atoms with van der Waals surface area (Å²) in [6.07, 6.45) is 2.43. The first-order valence-electron chi connectivity index (χ1n) is 8.24. The van der Waals surface area contributed by atoms with E-state index in [1.54, 1.807) is 19.3 Å². The van der Waals surface area contributed by atoms with E-state index in [1.807, 2.05) is 31.7 Å². The van der Waals surface area contributed by atoms with Crippen molar-refractivity contribution in [3.05, 3.63) is 24.0 Å². The molecule has 7 heteroatoms. The molecule has 1 aromatic rings. The number of hydrogen-bond donors (Lipinski definition) is 1. The fourth-order valence-electron chi connectivity index (χ4n) is 3.07. The van der Waals surface area contributed by atoms with E-state index < -0.39 is 5.60 Å². The van der Waals surface area contributed by atoms with Gasteiger partial charge in [-0.15, -0.1) is 0 Å². The first-order valence-corrected chi connectivity index (χ1v) is 8.24. The summed E-state index contributed by atoms with van der Waals surface area (Å²) in [6.45, 7) is 7.01.